The predicted octanol–water partition coefficient (Wildman–Crippen LogP) is 3.84. The summed E-state index contributed by atoms with van der Waals surface area (Å²) >= 11 is 0. The molecule has 0 aliphatic rings. The van der Waals surface area contributed by atoms with Gasteiger partial charge < -0.3 is 4.42 Å². The first-order chi connectivity index (χ1) is 11.5. The van der Waals surface area contributed by atoms with Gasteiger partial charge in [0, 0.05) is 5.56 Å². The summed E-state index contributed by atoms with van der Waals surface area (Å²) in [6.45, 7) is 6.03. The molecule has 0 saturated heterocycles. The number of carbonyl (C=O) groups excluding carboxylic acids is 1. The zero-order chi connectivity index (χ0) is 17.1. The van der Waals surface area contributed by atoms with Crippen LogP contribution in [0, 0.1) is 20.8 Å². The van der Waals surface area contributed by atoms with E-state index in [1.807, 2.05) is 31.2 Å². The van der Waals surface area contributed by atoms with Crippen LogP contribution in [0.25, 0.3) is 0 Å². The molecule has 3 rings (SSSR count). The molecule has 1 aromatic heterocycles. The number of anilines is 1. The summed E-state index contributed by atoms with van der Waals surface area (Å²) in [4.78, 5) is 12.2. The van der Waals surface area contributed by atoms with E-state index in [-0.39, 0.29) is 11.9 Å². The van der Waals surface area contributed by atoms with Crippen LogP contribution < -0.4 is 5.32 Å². The second-order valence-electron chi connectivity index (χ2n) is 5.87. The Morgan fingerprint density at radius 3 is 2.54 bits per heavy atom. The van der Waals surface area contributed by atoms with E-state index in [0.717, 1.165) is 11.1 Å². The minimum atomic E-state index is -0.255. The van der Waals surface area contributed by atoms with Crippen molar-refractivity contribution >= 4 is 11.9 Å². The van der Waals surface area contributed by atoms with Gasteiger partial charge in [-0.05, 0) is 49.1 Å². The lowest BCUT2D eigenvalue weighted by Crippen LogP contribution is -2.13. The van der Waals surface area contributed by atoms with Gasteiger partial charge >= 0.3 is 6.01 Å². The fourth-order valence-electron chi connectivity index (χ4n) is 2.46. The van der Waals surface area contributed by atoms with Crippen molar-refractivity contribution in [3.05, 3.63) is 76.2 Å². The molecular weight excluding hydrogens is 302 g/mol. The molecule has 0 aliphatic heterocycles. The lowest BCUT2D eigenvalue weighted by atomic mass is 10.0. The molecule has 122 valence electrons. The maximum atomic E-state index is 12.2. The zero-order valence-electron chi connectivity index (χ0n) is 14.0. The Hall–Kier alpha value is -2.95. The predicted molar refractivity (Wildman–Crippen MR) is 92.2 cm³/mol. The van der Waals surface area contributed by atoms with Crippen LogP contribution in [-0.4, -0.2) is 16.1 Å². The van der Waals surface area contributed by atoms with E-state index in [4.69, 9.17) is 4.42 Å². The molecular formula is C19H19N3O2. The number of hydrogen-bond acceptors (Lipinski definition) is 4. The van der Waals surface area contributed by atoms with Crippen molar-refractivity contribution in [3.63, 3.8) is 0 Å². The van der Waals surface area contributed by atoms with Gasteiger partial charge in [-0.15, -0.1) is 5.10 Å². The molecule has 0 fully saturated rings. The molecule has 2 aromatic carbocycles. The van der Waals surface area contributed by atoms with E-state index in [1.165, 1.54) is 11.1 Å². The Morgan fingerprint density at radius 2 is 1.79 bits per heavy atom. The number of hydrogen-bond donors (Lipinski definition) is 1. The number of nitrogens with one attached hydrogen (secondary N) is 1. The van der Waals surface area contributed by atoms with Crippen LogP contribution in [0.5, 0.6) is 0 Å². The monoisotopic (exact) mass is 321 g/mol. The lowest BCUT2D eigenvalue weighted by molar-refractivity contribution is 0.102. The first-order valence-corrected chi connectivity index (χ1v) is 7.78. The molecule has 0 saturated carbocycles. The van der Waals surface area contributed by atoms with E-state index in [2.05, 4.69) is 41.5 Å². The quantitative estimate of drug-likeness (QED) is 0.793. The molecule has 0 aliphatic carbocycles. The van der Waals surface area contributed by atoms with Gasteiger partial charge in [-0.1, -0.05) is 41.5 Å². The zero-order valence-corrected chi connectivity index (χ0v) is 14.0. The van der Waals surface area contributed by atoms with Crippen molar-refractivity contribution in [2.24, 2.45) is 0 Å². The highest BCUT2D eigenvalue weighted by Gasteiger charge is 2.13. The highest BCUT2D eigenvalue weighted by atomic mass is 16.4. The first-order valence-electron chi connectivity index (χ1n) is 7.78. The summed E-state index contributed by atoms with van der Waals surface area (Å²) in [5.41, 5.74) is 5.05. The van der Waals surface area contributed by atoms with Crippen LogP contribution in [0.3, 0.4) is 0 Å². The van der Waals surface area contributed by atoms with Crippen molar-refractivity contribution in [1.29, 1.82) is 0 Å². The molecule has 0 spiro atoms. The highest BCUT2D eigenvalue weighted by Crippen LogP contribution is 2.16. The smallest absolute Gasteiger partial charge is 0.322 e. The number of aryl methyl sites for hydroxylation is 3. The molecule has 0 radical (unpaired) electrons. The molecule has 1 amide bonds. The van der Waals surface area contributed by atoms with E-state index in [9.17, 15) is 4.79 Å². The van der Waals surface area contributed by atoms with Crippen molar-refractivity contribution < 1.29 is 9.21 Å². The van der Waals surface area contributed by atoms with E-state index >= 15 is 0 Å². The Balaban J connectivity index is 1.70. The first kappa shape index (κ1) is 15.9. The average molecular weight is 321 g/mol. The lowest BCUT2D eigenvalue weighted by Gasteiger charge is -2.04. The molecule has 1 heterocycles. The molecule has 24 heavy (non-hydrogen) atoms. The van der Waals surface area contributed by atoms with Crippen LogP contribution in [0.2, 0.25) is 0 Å². The average Bonchev–Trinajstić information content (AvgIpc) is 2.98. The number of rotatable bonds is 4. The maximum Gasteiger partial charge on any atom is 0.322 e. The van der Waals surface area contributed by atoms with E-state index in [0.29, 0.717) is 17.9 Å². The molecule has 5 nitrogen and oxygen atoms in total. The van der Waals surface area contributed by atoms with Gasteiger partial charge in [0.25, 0.3) is 5.91 Å². The van der Waals surface area contributed by atoms with E-state index < -0.39 is 0 Å². The van der Waals surface area contributed by atoms with E-state index in [1.54, 1.807) is 6.07 Å². The fourth-order valence-corrected chi connectivity index (χ4v) is 2.46. The third-order valence-electron chi connectivity index (χ3n) is 4.00. The van der Waals surface area contributed by atoms with Gasteiger partial charge in [-0.25, -0.2) is 0 Å². The SMILES string of the molecule is Cc1ccc(Cc2nnc(NC(=O)c3ccccc3C)o2)cc1C. The largest absolute Gasteiger partial charge is 0.407 e. The van der Waals surface area contributed by atoms with Gasteiger partial charge in [0.1, 0.15) is 0 Å². The summed E-state index contributed by atoms with van der Waals surface area (Å²) in [5.74, 6) is 0.216. The normalized spacial score (nSPS) is 10.6. The van der Waals surface area contributed by atoms with Gasteiger partial charge in [0.2, 0.25) is 5.89 Å². The summed E-state index contributed by atoms with van der Waals surface area (Å²) in [6, 6.07) is 13.7. The molecule has 3 aromatic rings. The Labute approximate surface area is 140 Å². The minimum Gasteiger partial charge on any atom is -0.407 e. The van der Waals surface area contributed by atoms with Crippen LogP contribution in [0.15, 0.2) is 46.9 Å². The van der Waals surface area contributed by atoms with Gasteiger partial charge in [0.05, 0.1) is 6.42 Å². The Morgan fingerprint density at radius 1 is 1.00 bits per heavy atom. The maximum absolute atomic E-state index is 12.2. The molecule has 0 bridgehead atoms. The topological polar surface area (TPSA) is 68.0 Å². The Kier molecular flexibility index (Phi) is 4.42. The number of amides is 1. The van der Waals surface area contributed by atoms with Crippen LogP contribution in [-0.2, 0) is 6.42 Å². The summed E-state index contributed by atoms with van der Waals surface area (Å²) in [5, 5.41) is 10.5. The van der Waals surface area contributed by atoms with Crippen LogP contribution in [0.1, 0.15) is 38.5 Å². The molecule has 5 heteroatoms. The number of benzene rings is 2. The highest BCUT2D eigenvalue weighted by molar-refractivity contribution is 6.04. The van der Waals surface area contributed by atoms with Gasteiger partial charge in [-0.2, -0.15) is 0 Å². The summed E-state index contributed by atoms with van der Waals surface area (Å²) in [7, 11) is 0. The molecule has 0 unspecified atom stereocenters. The van der Waals surface area contributed by atoms with Crippen molar-refractivity contribution in [1.82, 2.24) is 10.2 Å². The second kappa shape index (κ2) is 6.66. The van der Waals surface area contributed by atoms with Crippen LogP contribution >= 0.6 is 0 Å². The molecule has 1 N–H and O–H groups in total. The third-order valence-corrected chi connectivity index (χ3v) is 4.00. The minimum absolute atomic E-state index is 0.113. The van der Waals surface area contributed by atoms with Gasteiger partial charge in [0.15, 0.2) is 0 Å². The standard InChI is InChI=1S/C19H19N3O2/c1-12-8-9-15(10-14(12)3)11-17-21-22-19(24-17)20-18(23)16-7-5-4-6-13(16)2/h4-10H,11H2,1-3H3,(H,20,22,23). The summed E-state index contributed by atoms with van der Waals surface area (Å²) in [6.07, 6.45) is 0.536. The van der Waals surface area contributed by atoms with Crippen molar-refractivity contribution in [2.45, 2.75) is 27.2 Å². The van der Waals surface area contributed by atoms with Crippen molar-refractivity contribution in [3.8, 4) is 0 Å². The Bertz CT molecular complexity index is 884. The van der Waals surface area contributed by atoms with Crippen LogP contribution in [0.4, 0.5) is 6.01 Å². The number of carbonyl (C=O) groups is 1. The summed E-state index contributed by atoms with van der Waals surface area (Å²) < 4.78 is 5.54. The number of nitrogens with zero attached hydrogens (tertiary/aromatic N) is 2. The van der Waals surface area contributed by atoms with Gasteiger partial charge in [-0.3, -0.25) is 10.1 Å². The molecule has 0 atom stereocenters. The second-order valence-corrected chi connectivity index (χ2v) is 5.87. The fraction of sp³-hybridized carbons (Fsp3) is 0.211. The van der Waals surface area contributed by atoms with Crippen molar-refractivity contribution in [2.75, 3.05) is 5.32 Å². The third kappa shape index (κ3) is 3.51. The number of aromatic nitrogens is 2.